The summed E-state index contributed by atoms with van der Waals surface area (Å²) in [7, 11) is 4.01. The molecule has 2 aliphatic heterocycles. The molecule has 0 radical (unpaired) electrons. The lowest BCUT2D eigenvalue weighted by atomic mass is 9.96. The van der Waals surface area contributed by atoms with E-state index in [9.17, 15) is 9.59 Å². The van der Waals surface area contributed by atoms with Gasteiger partial charge in [0.2, 0.25) is 11.8 Å². The fourth-order valence-electron chi connectivity index (χ4n) is 3.37. The topological polar surface area (TPSA) is 97.1 Å². The van der Waals surface area contributed by atoms with E-state index in [1.54, 1.807) is 0 Å². The first-order chi connectivity index (χ1) is 12.0. The van der Waals surface area contributed by atoms with Gasteiger partial charge in [-0.15, -0.1) is 0 Å². The third kappa shape index (κ3) is 6.89. The van der Waals surface area contributed by atoms with E-state index in [0.29, 0.717) is 26.4 Å². The summed E-state index contributed by atoms with van der Waals surface area (Å²) in [6.45, 7) is 4.24. The fraction of sp³-hybridized carbons (Fsp3) is 0.882. The second-order valence-electron chi connectivity index (χ2n) is 7.23. The number of likely N-dealkylation sites (N-methyl/N-ethyl adjacent to an activating group) is 1. The van der Waals surface area contributed by atoms with Gasteiger partial charge in [-0.05, 0) is 39.9 Å². The number of carbonyl (C=O) groups is 2. The number of hydrogen-bond acceptors (Lipinski definition) is 6. The standard InChI is InChI=1S/C17H32N4O4/c1-20(2)7-9-25-15-5-8-24-12-14(15)19-17(23)13-4-3-6-21(10-13)11-16(18)22/h13-15H,3-12H2,1-2H3,(H2,18,22)(H,19,23)/t13?,14-,15+/m1/s1. The van der Waals surface area contributed by atoms with Crippen molar-refractivity contribution < 1.29 is 19.1 Å². The zero-order chi connectivity index (χ0) is 18.2. The van der Waals surface area contributed by atoms with Gasteiger partial charge in [0.05, 0.1) is 37.8 Å². The first-order valence-corrected chi connectivity index (χ1v) is 9.11. The number of likely N-dealkylation sites (tertiary alicyclic amines) is 1. The highest BCUT2D eigenvalue weighted by Gasteiger charge is 2.32. The Hall–Kier alpha value is -1.22. The van der Waals surface area contributed by atoms with E-state index in [1.807, 2.05) is 19.0 Å². The van der Waals surface area contributed by atoms with Crippen molar-refractivity contribution in [2.45, 2.75) is 31.4 Å². The third-order valence-electron chi connectivity index (χ3n) is 4.75. The van der Waals surface area contributed by atoms with E-state index in [1.165, 1.54) is 0 Å². The van der Waals surface area contributed by atoms with Crippen molar-refractivity contribution in [2.24, 2.45) is 11.7 Å². The number of carbonyl (C=O) groups excluding carboxylic acids is 2. The van der Waals surface area contributed by atoms with Crippen LogP contribution >= 0.6 is 0 Å². The molecule has 0 aromatic rings. The molecule has 2 saturated heterocycles. The maximum atomic E-state index is 12.7. The van der Waals surface area contributed by atoms with Gasteiger partial charge in [0.15, 0.2) is 0 Å². The minimum Gasteiger partial charge on any atom is -0.379 e. The van der Waals surface area contributed by atoms with E-state index < -0.39 is 0 Å². The first kappa shape index (κ1) is 20.1. The zero-order valence-corrected chi connectivity index (χ0v) is 15.4. The number of nitrogens with two attached hydrogens (primary N) is 1. The molecule has 0 aromatic carbocycles. The van der Waals surface area contributed by atoms with E-state index >= 15 is 0 Å². The molecular formula is C17H32N4O4. The normalized spacial score (nSPS) is 28.0. The number of nitrogens with zero attached hydrogens (tertiary/aromatic N) is 2. The number of piperidine rings is 1. The Bertz CT molecular complexity index is 446. The number of hydrogen-bond donors (Lipinski definition) is 2. The summed E-state index contributed by atoms with van der Waals surface area (Å²) in [4.78, 5) is 27.8. The number of nitrogens with one attached hydrogen (secondary N) is 1. The first-order valence-electron chi connectivity index (χ1n) is 9.11. The average molecular weight is 356 g/mol. The molecule has 8 heteroatoms. The van der Waals surface area contributed by atoms with Crippen LogP contribution in [0.2, 0.25) is 0 Å². The molecule has 144 valence electrons. The SMILES string of the molecule is CN(C)CCO[C@H]1CCOC[C@H]1NC(=O)C1CCCN(CC(N)=O)C1. The molecule has 0 bridgehead atoms. The highest BCUT2D eigenvalue weighted by atomic mass is 16.5. The molecule has 0 aromatic heterocycles. The average Bonchev–Trinajstić information content (AvgIpc) is 2.55. The minimum atomic E-state index is -0.351. The van der Waals surface area contributed by atoms with Crippen LogP contribution in [0.25, 0.3) is 0 Å². The predicted octanol–water partition coefficient (Wildman–Crippen LogP) is -0.964. The summed E-state index contributed by atoms with van der Waals surface area (Å²) in [5.74, 6) is -0.445. The number of rotatable bonds is 8. The number of amides is 2. The van der Waals surface area contributed by atoms with Gasteiger partial charge in [-0.25, -0.2) is 0 Å². The maximum Gasteiger partial charge on any atom is 0.231 e. The van der Waals surface area contributed by atoms with Crippen LogP contribution in [-0.4, -0.2) is 93.9 Å². The zero-order valence-electron chi connectivity index (χ0n) is 15.4. The second kappa shape index (κ2) is 10.1. The van der Waals surface area contributed by atoms with Crippen LogP contribution in [0.1, 0.15) is 19.3 Å². The lowest BCUT2D eigenvalue weighted by Crippen LogP contribution is -2.54. The lowest BCUT2D eigenvalue weighted by Gasteiger charge is -2.35. The van der Waals surface area contributed by atoms with Gasteiger partial charge in [0.25, 0.3) is 0 Å². The van der Waals surface area contributed by atoms with Gasteiger partial charge in [0, 0.05) is 19.7 Å². The maximum absolute atomic E-state index is 12.7. The van der Waals surface area contributed by atoms with Crippen molar-refractivity contribution in [3.05, 3.63) is 0 Å². The molecule has 2 heterocycles. The van der Waals surface area contributed by atoms with Crippen LogP contribution in [0.15, 0.2) is 0 Å². The molecule has 0 saturated carbocycles. The van der Waals surface area contributed by atoms with Gasteiger partial charge in [-0.2, -0.15) is 0 Å². The molecule has 0 aliphatic carbocycles. The summed E-state index contributed by atoms with van der Waals surface area (Å²) in [5.41, 5.74) is 5.26. The molecule has 2 amide bonds. The lowest BCUT2D eigenvalue weighted by molar-refractivity contribution is -0.132. The van der Waals surface area contributed by atoms with Crippen molar-refractivity contribution in [3.8, 4) is 0 Å². The molecule has 1 unspecified atom stereocenters. The number of primary amides is 1. The number of ether oxygens (including phenoxy) is 2. The molecule has 0 spiro atoms. The Labute approximate surface area is 150 Å². The molecule has 25 heavy (non-hydrogen) atoms. The van der Waals surface area contributed by atoms with E-state index in [4.69, 9.17) is 15.2 Å². The summed E-state index contributed by atoms with van der Waals surface area (Å²) >= 11 is 0. The quantitative estimate of drug-likeness (QED) is 0.581. The van der Waals surface area contributed by atoms with Crippen LogP contribution in [0, 0.1) is 5.92 Å². The van der Waals surface area contributed by atoms with E-state index in [2.05, 4.69) is 10.2 Å². The Morgan fingerprint density at radius 3 is 2.88 bits per heavy atom. The minimum absolute atomic E-state index is 0.0111. The van der Waals surface area contributed by atoms with Crippen molar-refractivity contribution >= 4 is 11.8 Å². The van der Waals surface area contributed by atoms with Crippen molar-refractivity contribution in [2.75, 3.05) is 60.1 Å². The highest BCUT2D eigenvalue weighted by molar-refractivity contribution is 5.80. The molecule has 8 nitrogen and oxygen atoms in total. The summed E-state index contributed by atoms with van der Waals surface area (Å²) < 4.78 is 11.5. The van der Waals surface area contributed by atoms with E-state index in [-0.39, 0.29) is 36.4 Å². The third-order valence-corrected chi connectivity index (χ3v) is 4.75. The molecule has 2 fully saturated rings. The van der Waals surface area contributed by atoms with Crippen molar-refractivity contribution in [1.29, 1.82) is 0 Å². The summed E-state index contributed by atoms with van der Waals surface area (Å²) in [6.07, 6.45) is 2.51. The molecule has 3 N–H and O–H groups in total. The summed E-state index contributed by atoms with van der Waals surface area (Å²) in [5, 5.41) is 3.11. The Morgan fingerprint density at radius 2 is 2.16 bits per heavy atom. The van der Waals surface area contributed by atoms with Gasteiger partial charge < -0.3 is 25.4 Å². The van der Waals surface area contributed by atoms with Crippen molar-refractivity contribution in [3.63, 3.8) is 0 Å². The molecule has 2 aliphatic rings. The van der Waals surface area contributed by atoms with Crippen LogP contribution < -0.4 is 11.1 Å². The Morgan fingerprint density at radius 1 is 1.36 bits per heavy atom. The van der Waals surface area contributed by atoms with Gasteiger partial charge >= 0.3 is 0 Å². The highest BCUT2D eigenvalue weighted by Crippen LogP contribution is 2.18. The van der Waals surface area contributed by atoms with Crippen molar-refractivity contribution in [1.82, 2.24) is 15.1 Å². The van der Waals surface area contributed by atoms with Gasteiger partial charge in [-0.3, -0.25) is 14.5 Å². The molecular weight excluding hydrogens is 324 g/mol. The second-order valence-corrected chi connectivity index (χ2v) is 7.23. The van der Waals surface area contributed by atoms with E-state index in [0.717, 1.165) is 32.4 Å². The van der Waals surface area contributed by atoms with Crippen LogP contribution in [0.3, 0.4) is 0 Å². The molecule has 3 atom stereocenters. The van der Waals surface area contributed by atoms with Gasteiger partial charge in [0.1, 0.15) is 0 Å². The Kier molecular flexibility index (Phi) is 8.08. The van der Waals surface area contributed by atoms with Crippen LogP contribution in [-0.2, 0) is 19.1 Å². The Balaban J connectivity index is 1.83. The van der Waals surface area contributed by atoms with Crippen LogP contribution in [0.4, 0.5) is 0 Å². The smallest absolute Gasteiger partial charge is 0.231 e. The fourth-order valence-corrected chi connectivity index (χ4v) is 3.37. The largest absolute Gasteiger partial charge is 0.379 e. The monoisotopic (exact) mass is 356 g/mol. The summed E-state index contributed by atoms with van der Waals surface area (Å²) in [6, 6.07) is -0.116. The van der Waals surface area contributed by atoms with Gasteiger partial charge in [-0.1, -0.05) is 0 Å². The van der Waals surface area contributed by atoms with Crippen LogP contribution in [0.5, 0.6) is 0 Å². The predicted molar refractivity (Wildman–Crippen MR) is 94.0 cm³/mol. The molecule has 2 rings (SSSR count).